The van der Waals surface area contributed by atoms with Crippen LogP contribution in [-0.2, 0) is 11.0 Å². The van der Waals surface area contributed by atoms with Crippen molar-refractivity contribution in [2.45, 2.75) is 44.3 Å². The maximum Gasteiger partial charge on any atom is 0.416 e. The van der Waals surface area contributed by atoms with E-state index in [1.807, 2.05) is 0 Å². The molecule has 2 unspecified atom stereocenters. The van der Waals surface area contributed by atoms with E-state index in [1.54, 1.807) is 0 Å². The van der Waals surface area contributed by atoms with Gasteiger partial charge in [0.2, 0.25) is 5.91 Å². The van der Waals surface area contributed by atoms with E-state index in [0.717, 1.165) is 37.8 Å². The average Bonchev–Trinajstić information content (AvgIpc) is 2.58. The fraction of sp³-hybridized carbons (Fsp3) is 0.632. The van der Waals surface area contributed by atoms with Crippen molar-refractivity contribution in [1.82, 2.24) is 5.32 Å². The minimum absolute atomic E-state index is 0.0103. The van der Waals surface area contributed by atoms with Crippen molar-refractivity contribution in [3.8, 4) is 5.75 Å². The first kappa shape index (κ1) is 19.0. The van der Waals surface area contributed by atoms with E-state index in [2.05, 4.69) is 5.32 Å². The van der Waals surface area contributed by atoms with Crippen molar-refractivity contribution in [3.05, 3.63) is 29.8 Å². The van der Waals surface area contributed by atoms with Crippen LogP contribution in [0.3, 0.4) is 0 Å². The van der Waals surface area contributed by atoms with Gasteiger partial charge < -0.3 is 15.8 Å². The number of carbonyl (C=O) groups is 1. The molecule has 0 radical (unpaired) electrons. The predicted octanol–water partition coefficient (Wildman–Crippen LogP) is 3.35. The maximum absolute atomic E-state index is 12.5. The number of nitrogens with one attached hydrogen (secondary N) is 1. The van der Waals surface area contributed by atoms with Crippen LogP contribution in [0.15, 0.2) is 24.3 Å². The van der Waals surface area contributed by atoms with Crippen molar-refractivity contribution >= 4 is 5.91 Å². The summed E-state index contributed by atoms with van der Waals surface area (Å²) in [6.45, 7) is 0.550. The third kappa shape index (κ3) is 4.50. The Morgan fingerprint density at radius 3 is 2.35 bits per heavy atom. The number of ether oxygens (including phenoxy) is 1. The summed E-state index contributed by atoms with van der Waals surface area (Å²) >= 11 is 0. The van der Waals surface area contributed by atoms with Gasteiger partial charge in [-0.1, -0.05) is 6.42 Å². The highest BCUT2D eigenvalue weighted by Gasteiger charge is 2.40. The topological polar surface area (TPSA) is 64.4 Å². The molecular formula is C19H25F3N2O2. The number of benzene rings is 1. The van der Waals surface area contributed by atoms with Crippen LogP contribution in [0.1, 0.15) is 37.7 Å². The van der Waals surface area contributed by atoms with E-state index in [4.69, 9.17) is 10.5 Å². The van der Waals surface area contributed by atoms with Crippen LogP contribution in [0.4, 0.5) is 13.2 Å². The normalized spacial score (nSPS) is 28.5. The standard InChI is InChI=1S/C19H25F3N2O2/c20-19(21,22)15-4-6-16(7-5-15)26-9-8-24-18(25)14-10-12-2-1-3-13(11-14)17(12)23/h4-7,12-14,17H,1-3,8-11,23H2,(H,24,25). The number of hydrogen-bond donors (Lipinski definition) is 2. The van der Waals surface area contributed by atoms with Crippen molar-refractivity contribution in [1.29, 1.82) is 0 Å². The molecular weight excluding hydrogens is 345 g/mol. The van der Waals surface area contributed by atoms with Crippen LogP contribution in [0.25, 0.3) is 0 Å². The summed E-state index contributed by atoms with van der Waals surface area (Å²) in [5.41, 5.74) is 5.54. The number of halogens is 3. The molecule has 1 aromatic carbocycles. The van der Waals surface area contributed by atoms with Crippen LogP contribution in [0.2, 0.25) is 0 Å². The van der Waals surface area contributed by atoms with Crippen LogP contribution in [0, 0.1) is 17.8 Å². The predicted molar refractivity (Wildman–Crippen MR) is 91.5 cm³/mol. The molecule has 3 rings (SSSR count). The lowest BCUT2D eigenvalue weighted by Gasteiger charge is -2.43. The second-order valence-electron chi connectivity index (χ2n) is 7.36. The zero-order chi connectivity index (χ0) is 18.7. The van der Waals surface area contributed by atoms with E-state index >= 15 is 0 Å². The van der Waals surface area contributed by atoms with Gasteiger partial charge >= 0.3 is 6.18 Å². The van der Waals surface area contributed by atoms with E-state index in [0.29, 0.717) is 24.1 Å². The zero-order valence-corrected chi connectivity index (χ0v) is 14.6. The highest BCUT2D eigenvalue weighted by Crippen LogP contribution is 2.41. The SMILES string of the molecule is NC1C2CCCC1CC(C(=O)NCCOc1ccc(C(F)(F)F)cc1)C2. The van der Waals surface area contributed by atoms with E-state index < -0.39 is 11.7 Å². The molecule has 2 aliphatic rings. The molecule has 2 fully saturated rings. The molecule has 1 aromatic rings. The maximum atomic E-state index is 12.5. The number of rotatable bonds is 5. The molecule has 4 nitrogen and oxygen atoms in total. The molecule has 7 heteroatoms. The lowest BCUT2D eigenvalue weighted by molar-refractivity contribution is -0.137. The highest BCUT2D eigenvalue weighted by molar-refractivity contribution is 5.78. The molecule has 2 aliphatic carbocycles. The fourth-order valence-electron chi connectivity index (χ4n) is 4.23. The first-order valence-electron chi connectivity index (χ1n) is 9.18. The Labute approximate surface area is 151 Å². The quantitative estimate of drug-likeness (QED) is 0.782. The number of carbonyl (C=O) groups excluding carboxylic acids is 1. The Kier molecular flexibility index (Phi) is 5.75. The molecule has 2 bridgehead atoms. The smallest absolute Gasteiger partial charge is 0.416 e. The van der Waals surface area contributed by atoms with E-state index in [1.165, 1.54) is 18.6 Å². The molecule has 2 atom stereocenters. The Morgan fingerprint density at radius 1 is 1.15 bits per heavy atom. The van der Waals surface area contributed by atoms with Gasteiger partial charge in [0.05, 0.1) is 12.1 Å². The number of fused-ring (bicyclic) bond motifs is 2. The third-order valence-electron chi connectivity index (χ3n) is 5.64. The van der Waals surface area contributed by atoms with Gasteiger partial charge in [-0.05, 0) is 61.8 Å². The average molecular weight is 370 g/mol. The molecule has 3 N–H and O–H groups in total. The second-order valence-corrected chi connectivity index (χ2v) is 7.36. The molecule has 1 amide bonds. The Hall–Kier alpha value is -1.76. The molecule has 0 spiro atoms. The van der Waals surface area contributed by atoms with Gasteiger partial charge in [-0.3, -0.25) is 4.79 Å². The van der Waals surface area contributed by atoms with Gasteiger partial charge in [-0.15, -0.1) is 0 Å². The van der Waals surface area contributed by atoms with Crippen LogP contribution in [-0.4, -0.2) is 25.1 Å². The summed E-state index contributed by atoms with van der Waals surface area (Å²) in [6.07, 6.45) is 0.773. The Balaban J connectivity index is 1.40. The molecule has 0 aromatic heterocycles. The van der Waals surface area contributed by atoms with Gasteiger partial charge in [0.1, 0.15) is 12.4 Å². The molecule has 0 heterocycles. The summed E-state index contributed by atoms with van der Waals surface area (Å²) in [4.78, 5) is 12.4. The minimum atomic E-state index is -4.35. The van der Waals surface area contributed by atoms with Crippen LogP contribution >= 0.6 is 0 Å². The van der Waals surface area contributed by atoms with E-state index in [-0.39, 0.29) is 24.5 Å². The summed E-state index contributed by atoms with van der Waals surface area (Å²) in [5, 5.41) is 2.88. The van der Waals surface area contributed by atoms with Gasteiger partial charge in [0.25, 0.3) is 0 Å². The van der Waals surface area contributed by atoms with Crippen molar-refractivity contribution in [2.24, 2.45) is 23.5 Å². The summed E-state index contributed by atoms with van der Waals surface area (Å²) in [6, 6.07) is 4.77. The first-order chi connectivity index (χ1) is 12.3. The highest BCUT2D eigenvalue weighted by atomic mass is 19.4. The molecule has 144 valence electrons. The molecule has 0 aliphatic heterocycles. The third-order valence-corrected chi connectivity index (χ3v) is 5.64. The minimum Gasteiger partial charge on any atom is -0.492 e. The number of hydrogen-bond acceptors (Lipinski definition) is 3. The molecule has 0 saturated heterocycles. The molecule has 26 heavy (non-hydrogen) atoms. The Bertz CT molecular complexity index is 604. The number of nitrogens with two attached hydrogens (primary N) is 1. The molecule has 2 saturated carbocycles. The first-order valence-corrected chi connectivity index (χ1v) is 9.18. The lowest BCUT2D eigenvalue weighted by atomic mass is 9.65. The van der Waals surface area contributed by atoms with Gasteiger partial charge in [0.15, 0.2) is 0 Å². The number of amides is 1. The van der Waals surface area contributed by atoms with Crippen molar-refractivity contribution < 1.29 is 22.7 Å². The largest absolute Gasteiger partial charge is 0.492 e. The van der Waals surface area contributed by atoms with Gasteiger partial charge in [-0.25, -0.2) is 0 Å². The summed E-state index contributed by atoms with van der Waals surface area (Å²) in [7, 11) is 0. The Morgan fingerprint density at radius 2 is 1.77 bits per heavy atom. The monoisotopic (exact) mass is 370 g/mol. The summed E-state index contributed by atoms with van der Waals surface area (Å²) in [5.74, 6) is 1.29. The number of alkyl halides is 3. The van der Waals surface area contributed by atoms with E-state index in [9.17, 15) is 18.0 Å². The second kappa shape index (κ2) is 7.86. The van der Waals surface area contributed by atoms with Gasteiger partial charge in [-0.2, -0.15) is 13.2 Å². The summed E-state index contributed by atoms with van der Waals surface area (Å²) < 4.78 is 42.9. The van der Waals surface area contributed by atoms with Gasteiger partial charge in [0, 0.05) is 12.0 Å². The van der Waals surface area contributed by atoms with Crippen LogP contribution in [0.5, 0.6) is 5.75 Å². The van der Waals surface area contributed by atoms with Crippen molar-refractivity contribution in [3.63, 3.8) is 0 Å². The fourth-order valence-corrected chi connectivity index (χ4v) is 4.23. The van der Waals surface area contributed by atoms with Crippen molar-refractivity contribution in [2.75, 3.05) is 13.2 Å². The van der Waals surface area contributed by atoms with Crippen LogP contribution < -0.4 is 15.8 Å². The lowest BCUT2D eigenvalue weighted by Crippen LogP contribution is -2.49. The zero-order valence-electron chi connectivity index (χ0n) is 14.6.